The molecule has 0 N–H and O–H groups in total. The number of benzene rings is 1. The molecule has 2 aliphatic rings. The summed E-state index contributed by atoms with van der Waals surface area (Å²) in [7, 11) is 1.33. The summed E-state index contributed by atoms with van der Waals surface area (Å²) in [5.41, 5.74) is 1.60. The Morgan fingerprint density at radius 1 is 1.13 bits per heavy atom. The van der Waals surface area contributed by atoms with Crippen molar-refractivity contribution < 1.29 is 19.1 Å². The normalized spacial score (nSPS) is 18.0. The zero-order valence-corrected chi connectivity index (χ0v) is 17.5. The van der Waals surface area contributed by atoms with Gasteiger partial charge in [-0.05, 0) is 37.4 Å². The molecule has 0 bridgehead atoms. The highest BCUT2D eigenvalue weighted by molar-refractivity contribution is 7.10. The summed E-state index contributed by atoms with van der Waals surface area (Å²) in [5.74, 6) is -0.608. The van der Waals surface area contributed by atoms with Crippen LogP contribution in [0.1, 0.15) is 24.8 Å². The molecule has 30 heavy (non-hydrogen) atoms. The van der Waals surface area contributed by atoms with Crippen LogP contribution in [0.3, 0.4) is 0 Å². The number of fused-ring (bicyclic) bond motifs is 1. The summed E-state index contributed by atoms with van der Waals surface area (Å²) in [4.78, 5) is 32.6. The summed E-state index contributed by atoms with van der Waals surface area (Å²) in [6.45, 7) is 3.68. The lowest BCUT2D eigenvalue weighted by Gasteiger charge is -2.34. The average Bonchev–Trinajstić information content (AvgIpc) is 3.41. The number of aliphatic imine (C=N–C) groups is 1. The number of para-hydroxylation sites is 1. The zero-order chi connectivity index (χ0) is 21.3. The van der Waals surface area contributed by atoms with E-state index in [0.717, 1.165) is 10.6 Å². The van der Waals surface area contributed by atoms with Gasteiger partial charge in [-0.25, -0.2) is 14.6 Å². The summed E-state index contributed by atoms with van der Waals surface area (Å²) in [6.07, 6.45) is 0. The molecule has 0 spiro atoms. The van der Waals surface area contributed by atoms with E-state index >= 15 is 0 Å². The number of guanidine groups is 1. The Hall–Kier alpha value is -3.46. The fourth-order valence-corrected chi connectivity index (χ4v) is 4.25. The summed E-state index contributed by atoms with van der Waals surface area (Å²) in [5, 5.41) is 8.03. The van der Waals surface area contributed by atoms with E-state index in [0.29, 0.717) is 17.2 Å². The Bertz CT molecular complexity index is 1060. The standard InChI is InChI=1S/C21H20N4O4S/c1-4-29-20(27)18-23-25(14-9-6-5-7-10-14)21-22-13(2)16(19(26)28-3)17(24(18)21)15-11-8-12-30-15/h5-12,17H,4H2,1-3H3/t17-/m1/s1. The number of amidine groups is 1. The lowest BCUT2D eigenvalue weighted by Crippen LogP contribution is -2.47. The maximum absolute atomic E-state index is 12.8. The molecule has 1 aromatic heterocycles. The van der Waals surface area contributed by atoms with E-state index in [1.807, 2.05) is 47.8 Å². The SMILES string of the molecule is CCOC(=O)C1=NN(c2ccccc2)C2=NC(C)=C(C(=O)OC)[C@@H](c3cccs3)N12. The van der Waals surface area contributed by atoms with Crippen molar-refractivity contribution in [2.75, 3.05) is 18.7 Å². The van der Waals surface area contributed by atoms with E-state index in [4.69, 9.17) is 9.47 Å². The van der Waals surface area contributed by atoms with Gasteiger partial charge in [0.1, 0.15) is 6.04 Å². The molecule has 154 valence electrons. The fourth-order valence-electron chi connectivity index (χ4n) is 3.42. The van der Waals surface area contributed by atoms with Crippen molar-refractivity contribution in [3.05, 3.63) is 64.0 Å². The Labute approximate surface area is 177 Å². The molecule has 9 heteroatoms. The van der Waals surface area contributed by atoms with E-state index in [1.165, 1.54) is 18.4 Å². The summed E-state index contributed by atoms with van der Waals surface area (Å²) >= 11 is 1.47. The minimum absolute atomic E-state index is 0.0618. The second kappa shape index (κ2) is 8.11. The maximum Gasteiger partial charge on any atom is 0.376 e. The second-order valence-electron chi connectivity index (χ2n) is 6.48. The number of methoxy groups -OCH3 is 1. The van der Waals surface area contributed by atoms with Crippen LogP contribution >= 0.6 is 11.3 Å². The lowest BCUT2D eigenvalue weighted by molar-refractivity contribution is -0.138. The third-order valence-electron chi connectivity index (χ3n) is 4.69. The number of hydrogen-bond acceptors (Lipinski definition) is 9. The van der Waals surface area contributed by atoms with Crippen LogP contribution in [0.2, 0.25) is 0 Å². The van der Waals surface area contributed by atoms with Crippen molar-refractivity contribution in [3.8, 4) is 0 Å². The van der Waals surface area contributed by atoms with Gasteiger partial charge in [0.05, 0.1) is 30.7 Å². The van der Waals surface area contributed by atoms with Crippen LogP contribution in [0.4, 0.5) is 5.69 Å². The minimum atomic E-state index is -0.609. The quantitative estimate of drug-likeness (QED) is 0.685. The molecule has 0 unspecified atom stereocenters. The van der Waals surface area contributed by atoms with Crippen LogP contribution in [0.5, 0.6) is 0 Å². The molecule has 0 amide bonds. The molecule has 1 atom stereocenters. The smallest absolute Gasteiger partial charge is 0.376 e. The van der Waals surface area contributed by atoms with Crippen molar-refractivity contribution in [1.29, 1.82) is 0 Å². The van der Waals surface area contributed by atoms with E-state index in [1.54, 1.807) is 23.8 Å². The Morgan fingerprint density at radius 2 is 1.90 bits per heavy atom. The van der Waals surface area contributed by atoms with Crippen LogP contribution in [0.25, 0.3) is 0 Å². The van der Waals surface area contributed by atoms with Gasteiger partial charge in [-0.2, -0.15) is 5.01 Å². The Balaban J connectivity index is 1.92. The van der Waals surface area contributed by atoms with Gasteiger partial charge in [0.2, 0.25) is 11.8 Å². The number of allylic oxidation sites excluding steroid dienone is 1. The molecule has 0 saturated heterocycles. The number of rotatable bonds is 5. The van der Waals surface area contributed by atoms with Crippen molar-refractivity contribution in [2.24, 2.45) is 10.1 Å². The first-order chi connectivity index (χ1) is 14.6. The number of carbonyl (C=O) groups excluding carboxylic acids is 2. The van der Waals surface area contributed by atoms with E-state index in [-0.39, 0.29) is 12.4 Å². The maximum atomic E-state index is 12.8. The molecule has 3 heterocycles. The fraction of sp³-hybridized carbons (Fsp3) is 0.238. The van der Waals surface area contributed by atoms with Gasteiger partial charge >= 0.3 is 11.9 Å². The number of thiophene rings is 1. The zero-order valence-electron chi connectivity index (χ0n) is 16.7. The van der Waals surface area contributed by atoms with Crippen LogP contribution in [0, 0.1) is 0 Å². The number of esters is 2. The number of ether oxygens (including phenoxy) is 2. The third kappa shape index (κ3) is 3.26. The van der Waals surface area contributed by atoms with Gasteiger partial charge in [0.15, 0.2) is 0 Å². The topological polar surface area (TPSA) is 83.8 Å². The second-order valence-corrected chi connectivity index (χ2v) is 7.46. The average molecular weight is 424 g/mol. The highest BCUT2D eigenvalue weighted by atomic mass is 32.1. The molecule has 0 fully saturated rings. The predicted octanol–water partition coefficient (Wildman–Crippen LogP) is 3.30. The molecule has 4 rings (SSSR count). The third-order valence-corrected chi connectivity index (χ3v) is 5.62. The van der Waals surface area contributed by atoms with E-state index in [9.17, 15) is 9.59 Å². The molecule has 8 nitrogen and oxygen atoms in total. The number of nitrogens with zero attached hydrogens (tertiary/aromatic N) is 4. The monoisotopic (exact) mass is 424 g/mol. The largest absolute Gasteiger partial charge is 0.466 e. The van der Waals surface area contributed by atoms with Crippen LogP contribution in [0.15, 0.2) is 69.2 Å². The van der Waals surface area contributed by atoms with Gasteiger partial charge in [0, 0.05) is 4.88 Å². The molecule has 0 aliphatic carbocycles. The van der Waals surface area contributed by atoms with Crippen LogP contribution in [-0.4, -0.2) is 42.4 Å². The Morgan fingerprint density at radius 3 is 2.53 bits per heavy atom. The number of hydrazone groups is 1. The molecular weight excluding hydrogens is 404 g/mol. The van der Waals surface area contributed by atoms with Gasteiger partial charge < -0.3 is 9.47 Å². The first-order valence-electron chi connectivity index (χ1n) is 9.38. The molecular formula is C21H20N4O4S. The Kier molecular flexibility index (Phi) is 5.37. The molecule has 2 aromatic rings. The highest BCUT2D eigenvalue weighted by Gasteiger charge is 2.47. The number of anilines is 1. The first-order valence-corrected chi connectivity index (χ1v) is 10.3. The van der Waals surface area contributed by atoms with E-state index < -0.39 is 18.0 Å². The van der Waals surface area contributed by atoms with Crippen LogP contribution < -0.4 is 5.01 Å². The summed E-state index contributed by atoms with van der Waals surface area (Å²) in [6, 6.07) is 12.6. The first kappa shape index (κ1) is 19.8. The predicted molar refractivity (Wildman–Crippen MR) is 114 cm³/mol. The number of hydrogen-bond donors (Lipinski definition) is 0. The van der Waals surface area contributed by atoms with Gasteiger partial charge in [-0.3, -0.25) is 4.90 Å². The lowest BCUT2D eigenvalue weighted by atomic mass is 10.00. The van der Waals surface area contributed by atoms with Crippen molar-refractivity contribution in [1.82, 2.24) is 4.90 Å². The van der Waals surface area contributed by atoms with Crippen molar-refractivity contribution >= 4 is 40.8 Å². The van der Waals surface area contributed by atoms with Gasteiger partial charge in [0.25, 0.3) is 0 Å². The van der Waals surface area contributed by atoms with E-state index in [2.05, 4.69) is 10.1 Å². The van der Waals surface area contributed by atoms with Gasteiger partial charge in [-0.15, -0.1) is 16.4 Å². The van der Waals surface area contributed by atoms with Crippen molar-refractivity contribution in [3.63, 3.8) is 0 Å². The molecule has 0 saturated carbocycles. The van der Waals surface area contributed by atoms with Crippen molar-refractivity contribution in [2.45, 2.75) is 19.9 Å². The minimum Gasteiger partial charge on any atom is -0.466 e. The summed E-state index contributed by atoms with van der Waals surface area (Å²) < 4.78 is 10.3. The molecule has 1 aromatic carbocycles. The molecule has 2 aliphatic heterocycles. The van der Waals surface area contributed by atoms with Gasteiger partial charge in [-0.1, -0.05) is 24.3 Å². The highest BCUT2D eigenvalue weighted by Crippen LogP contribution is 2.41. The number of carbonyl (C=O) groups is 2. The molecule has 0 radical (unpaired) electrons. The van der Waals surface area contributed by atoms with Crippen LogP contribution in [-0.2, 0) is 19.1 Å².